The Labute approximate surface area is 78.6 Å². The average molecular weight is 180 g/mol. The summed E-state index contributed by atoms with van der Waals surface area (Å²) in [5.74, 6) is 1.08. The zero-order valence-electron chi connectivity index (χ0n) is 7.92. The third-order valence-electron chi connectivity index (χ3n) is 4.27. The SMILES string of the molecule is O=C1O[C@]23CCCC[C@H]2CCC[C@H]13. The molecule has 0 aromatic carbocycles. The molecule has 2 nitrogen and oxygen atoms in total. The molecular weight excluding hydrogens is 164 g/mol. The second kappa shape index (κ2) is 2.49. The van der Waals surface area contributed by atoms with Gasteiger partial charge in [-0.1, -0.05) is 12.8 Å². The van der Waals surface area contributed by atoms with Gasteiger partial charge in [0.1, 0.15) is 5.60 Å². The largest absolute Gasteiger partial charge is 0.458 e. The van der Waals surface area contributed by atoms with Crippen molar-refractivity contribution in [2.75, 3.05) is 0 Å². The van der Waals surface area contributed by atoms with Crippen LogP contribution in [-0.2, 0) is 9.53 Å². The van der Waals surface area contributed by atoms with Gasteiger partial charge in [-0.2, -0.15) is 0 Å². The van der Waals surface area contributed by atoms with Crippen LogP contribution >= 0.6 is 0 Å². The van der Waals surface area contributed by atoms with E-state index in [4.69, 9.17) is 4.74 Å². The van der Waals surface area contributed by atoms with Crippen LogP contribution in [0, 0.1) is 11.8 Å². The van der Waals surface area contributed by atoms with Gasteiger partial charge < -0.3 is 4.74 Å². The Morgan fingerprint density at radius 1 is 1.15 bits per heavy atom. The second-order valence-corrected chi connectivity index (χ2v) is 4.80. The number of hydrogen-bond donors (Lipinski definition) is 0. The molecule has 0 unspecified atom stereocenters. The number of carbonyl (C=O) groups is 1. The van der Waals surface area contributed by atoms with Crippen LogP contribution in [0.1, 0.15) is 44.9 Å². The van der Waals surface area contributed by atoms with Crippen LogP contribution in [-0.4, -0.2) is 11.6 Å². The lowest BCUT2D eigenvalue weighted by molar-refractivity contribution is -0.243. The van der Waals surface area contributed by atoms with E-state index in [0.717, 1.165) is 12.8 Å². The number of rotatable bonds is 0. The van der Waals surface area contributed by atoms with Gasteiger partial charge in [-0.25, -0.2) is 0 Å². The zero-order valence-corrected chi connectivity index (χ0v) is 7.92. The molecule has 0 aromatic rings. The Hall–Kier alpha value is -0.530. The molecule has 0 bridgehead atoms. The average Bonchev–Trinajstić information content (AvgIpc) is 2.15. The van der Waals surface area contributed by atoms with Gasteiger partial charge in [0, 0.05) is 0 Å². The van der Waals surface area contributed by atoms with Crippen LogP contribution in [0.2, 0.25) is 0 Å². The Bertz CT molecular complexity index is 246. The molecule has 3 atom stereocenters. The molecule has 3 fully saturated rings. The topological polar surface area (TPSA) is 26.3 Å². The van der Waals surface area contributed by atoms with Gasteiger partial charge >= 0.3 is 5.97 Å². The molecule has 1 spiro atoms. The summed E-state index contributed by atoms with van der Waals surface area (Å²) in [6.45, 7) is 0. The standard InChI is InChI=1S/C11H16O2/c12-10-9-6-3-5-8-4-1-2-7-11(8,9)13-10/h8-9H,1-7H2/t8-,9+,11+/m0/s1. The molecular formula is C11H16O2. The number of carbonyl (C=O) groups excluding carboxylic acids is 1. The highest BCUT2D eigenvalue weighted by atomic mass is 16.6. The van der Waals surface area contributed by atoms with Crippen molar-refractivity contribution in [3.63, 3.8) is 0 Å². The van der Waals surface area contributed by atoms with E-state index in [9.17, 15) is 4.79 Å². The summed E-state index contributed by atoms with van der Waals surface area (Å²) < 4.78 is 5.50. The third-order valence-corrected chi connectivity index (χ3v) is 4.27. The minimum absolute atomic E-state index is 0.0353. The summed E-state index contributed by atoms with van der Waals surface area (Å²) in [7, 11) is 0. The minimum Gasteiger partial charge on any atom is -0.458 e. The molecule has 1 saturated heterocycles. The van der Waals surface area contributed by atoms with Gasteiger partial charge in [0.15, 0.2) is 0 Å². The highest BCUT2D eigenvalue weighted by molar-refractivity contribution is 5.80. The number of hydrogen-bond acceptors (Lipinski definition) is 2. The summed E-state index contributed by atoms with van der Waals surface area (Å²) in [5.41, 5.74) is 0.0353. The lowest BCUT2D eigenvalue weighted by atomic mass is 9.59. The van der Waals surface area contributed by atoms with Crippen LogP contribution < -0.4 is 0 Å². The summed E-state index contributed by atoms with van der Waals surface area (Å²) in [5, 5.41) is 0. The van der Waals surface area contributed by atoms with Crippen LogP contribution in [0.4, 0.5) is 0 Å². The summed E-state index contributed by atoms with van der Waals surface area (Å²) in [6, 6.07) is 0. The fourth-order valence-corrected chi connectivity index (χ4v) is 3.62. The molecule has 0 N–H and O–H groups in total. The van der Waals surface area contributed by atoms with Crippen LogP contribution in [0.3, 0.4) is 0 Å². The Morgan fingerprint density at radius 3 is 2.85 bits per heavy atom. The van der Waals surface area contributed by atoms with Crippen LogP contribution in [0.25, 0.3) is 0 Å². The summed E-state index contributed by atoms with van der Waals surface area (Å²) in [4.78, 5) is 11.3. The van der Waals surface area contributed by atoms with Crippen molar-refractivity contribution in [3.8, 4) is 0 Å². The Morgan fingerprint density at radius 2 is 2.00 bits per heavy atom. The molecule has 13 heavy (non-hydrogen) atoms. The van der Waals surface area contributed by atoms with E-state index >= 15 is 0 Å². The quantitative estimate of drug-likeness (QED) is 0.534. The normalized spacial score (nSPS) is 48.5. The van der Waals surface area contributed by atoms with Crippen molar-refractivity contribution in [2.45, 2.75) is 50.5 Å². The highest BCUT2D eigenvalue weighted by Gasteiger charge is 2.62. The zero-order chi connectivity index (χ0) is 8.89. The lowest BCUT2D eigenvalue weighted by Crippen LogP contribution is -2.64. The molecule has 1 heterocycles. The monoisotopic (exact) mass is 180 g/mol. The van der Waals surface area contributed by atoms with E-state index in [1.807, 2.05) is 0 Å². The maximum atomic E-state index is 11.3. The predicted octanol–water partition coefficient (Wildman–Crippen LogP) is 2.27. The molecule has 0 amide bonds. The number of ether oxygens (including phenoxy) is 1. The molecule has 0 radical (unpaired) electrons. The second-order valence-electron chi connectivity index (χ2n) is 4.80. The van der Waals surface area contributed by atoms with Crippen molar-refractivity contribution >= 4 is 5.97 Å². The first-order valence-corrected chi connectivity index (χ1v) is 5.56. The first-order valence-electron chi connectivity index (χ1n) is 5.56. The van der Waals surface area contributed by atoms with Crippen LogP contribution in [0.15, 0.2) is 0 Å². The number of esters is 1. The molecule has 1 aliphatic heterocycles. The molecule has 3 rings (SSSR count). The lowest BCUT2D eigenvalue weighted by Gasteiger charge is -2.57. The van der Waals surface area contributed by atoms with E-state index in [-0.39, 0.29) is 17.5 Å². The maximum absolute atomic E-state index is 11.3. The van der Waals surface area contributed by atoms with Crippen molar-refractivity contribution in [3.05, 3.63) is 0 Å². The van der Waals surface area contributed by atoms with Gasteiger partial charge in [0.2, 0.25) is 0 Å². The molecule has 72 valence electrons. The van der Waals surface area contributed by atoms with Crippen molar-refractivity contribution in [1.29, 1.82) is 0 Å². The van der Waals surface area contributed by atoms with Crippen LogP contribution in [0.5, 0.6) is 0 Å². The fraction of sp³-hybridized carbons (Fsp3) is 0.909. The van der Waals surface area contributed by atoms with Gasteiger partial charge in [-0.15, -0.1) is 0 Å². The van der Waals surface area contributed by atoms with E-state index in [0.29, 0.717) is 5.92 Å². The van der Waals surface area contributed by atoms with Gasteiger partial charge in [0.05, 0.1) is 5.92 Å². The fourth-order valence-electron chi connectivity index (χ4n) is 3.62. The first kappa shape index (κ1) is 7.84. The van der Waals surface area contributed by atoms with Crippen molar-refractivity contribution < 1.29 is 9.53 Å². The first-order chi connectivity index (χ1) is 6.33. The third kappa shape index (κ3) is 0.866. The van der Waals surface area contributed by atoms with E-state index in [2.05, 4.69) is 0 Å². The van der Waals surface area contributed by atoms with Gasteiger partial charge in [-0.05, 0) is 38.0 Å². The van der Waals surface area contributed by atoms with E-state index in [1.54, 1.807) is 0 Å². The molecule has 2 saturated carbocycles. The Balaban J connectivity index is 1.89. The molecule has 2 heteroatoms. The van der Waals surface area contributed by atoms with Crippen molar-refractivity contribution in [1.82, 2.24) is 0 Å². The van der Waals surface area contributed by atoms with Gasteiger partial charge in [-0.3, -0.25) is 4.79 Å². The van der Waals surface area contributed by atoms with E-state index in [1.165, 1.54) is 32.1 Å². The Kier molecular flexibility index (Phi) is 1.50. The molecule has 3 aliphatic rings. The minimum atomic E-state index is 0.0353. The summed E-state index contributed by atoms with van der Waals surface area (Å²) in [6.07, 6.45) is 8.68. The summed E-state index contributed by atoms with van der Waals surface area (Å²) >= 11 is 0. The molecule has 0 aromatic heterocycles. The van der Waals surface area contributed by atoms with E-state index < -0.39 is 0 Å². The highest BCUT2D eigenvalue weighted by Crippen LogP contribution is 2.55. The smallest absolute Gasteiger partial charge is 0.313 e. The maximum Gasteiger partial charge on any atom is 0.313 e. The predicted molar refractivity (Wildman–Crippen MR) is 48.1 cm³/mol. The molecule has 2 aliphatic carbocycles. The van der Waals surface area contributed by atoms with Crippen molar-refractivity contribution in [2.24, 2.45) is 11.8 Å². The van der Waals surface area contributed by atoms with Gasteiger partial charge in [0.25, 0.3) is 0 Å².